The molecule has 0 atom stereocenters. The Bertz CT molecular complexity index is 1470. The number of halogens is 2. The molecule has 4 aromatic rings. The molecule has 3 N–H and O–H groups in total. The Balaban J connectivity index is 1.41. The number of hydrogen-bond acceptors (Lipinski definition) is 5. The lowest BCUT2D eigenvalue weighted by molar-refractivity contribution is -0.114. The predicted molar refractivity (Wildman–Crippen MR) is 151 cm³/mol. The smallest absolute Gasteiger partial charge is 0.272 e. The van der Waals surface area contributed by atoms with Crippen molar-refractivity contribution in [3.05, 3.63) is 118 Å². The SMILES string of the molecule is O=C(CSc1cccc(NC(=O)/C(=C/c2ccco2)NC(=O)c2ccccc2)c1)Nc1cccc(Cl)c1Cl. The summed E-state index contributed by atoms with van der Waals surface area (Å²) in [5.74, 6) is -0.730. The summed E-state index contributed by atoms with van der Waals surface area (Å²) in [5.41, 5.74) is 1.32. The topological polar surface area (TPSA) is 100 Å². The average Bonchev–Trinajstić information content (AvgIpc) is 3.44. The molecule has 0 aliphatic carbocycles. The van der Waals surface area contributed by atoms with Crippen LogP contribution < -0.4 is 16.0 Å². The van der Waals surface area contributed by atoms with Crippen molar-refractivity contribution < 1.29 is 18.8 Å². The molecular formula is C28H21Cl2N3O4S. The van der Waals surface area contributed by atoms with Crippen LogP contribution in [0.15, 0.2) is 106 Å². The Morgan fingerprint density at radius 3 is 2.42 bits per heavy atom. The van der Waals surface area contributed by atoms with E-state index < -0.39 is 11.8 Å². The monoisotopic (exact) mass is 565 g/mol. The predicted octanol–water partition coefficient (Wildman–Crippen LogP) is 6.73. The molecule has 1 heterocycles. The molecule has 0 radical (unpaired) electrons. The fourth-order valence-corrected chi connectivity index (χ4v) is 4.36. The Kier molecular flexibility index (Phi) is 9.26. The second-order valence-electron chi connectivity index (χ2n) is 7.81. The van der Waals surface area contributed by atoms with Crippen LogP contribution in [0.2, 0.25) is 10.0 Å². The minimum Gasteiger partial charge on any atom is -0.465 e. The maximum atomic E-state index is 13.1. The van der Waals surface area contributed by atoms with Gasteiger partial charge in [-0.2, -0.15) is 0 Å². The first-order chi connectivity index (χ1) is 18.4. The van der Waals surface area contributed by atoms with Crippen molar-refractivity contribution in [2.45, 2.75) is 4.90 Å². The van der Waals surface area contributed by atoms with Gasteiger partial charge in [0.2, 0.25) is 5.91 Å². The normalized spacial score (nSPS) is 11.1. The molecule has 0 saturated heterocycles. The summed E-state index contributed by atoms with van der Waals surface area (Å²) < 4.78 is 5.32. The van der Waals surface area contributed by atoms with Gasteiger partial charge in [0.1, 0.15) is 11.5 Å². The van der Waals surface area contributed by atoms with Crippen LogP contribution in [-0.2, 0) is 9.59 Å². The summed E-state index contributed by atoms with van der Waals surface area (Å²) in [6.45, 7) is 0. The van der Waals surface area contributed by atoms with Gasteiger partial charge in [-0.15, -0.1) is 11.8 Å². The maximum Gasteiger partial charge on any atom is 0.272 e. The number of amides is 3. The zero-order chi connectivity index (χ0) is 26.9. The molecule has 0 saturated carbocycles. The van der Waals surface area contributed by atoms with E-state index in [1.165, 1.54) is 24.1 Å². The van der Waals surface area contributed by atoms with E-state index in [9.17, 15) is 14.4 Å². The minimum absolute atomic E-state index is 0.00429. The van der Waals surface area contributed by atoms with Gasteiger partial charge in [-0.3, -0.25) is 14.4 Å². The molecule has 3 aromatic carbocycles. The molecule has 0 spiro atoms. The van der Waals surface area contributed by atoms with E-state index in [2.05, 4.69) is 16.0 Å². The number of carbonyl (C=O) groups excluding carboxylic acids is 3. The van der Waals surface area contributed by atoms with Gasteiger partial charge in [-0.25, -0.2) is 0 Å². The van der Waals surface area contributed by atoms with Crippen molar-refractivity contribution in [3.8, 4) is 0 Å². The van der Waals surface area contributed by atoms with Crippen LogP contribution >= 0.6 is 35.0 Å². The highest BCUT2D eigenvalue weighted by Gasteiger charge is 2.16. The van der Waals surface area contributed by atoms with Crippen molar-refractivity contribution in [1.82, 2.24) is 5.32 Å². The number of furan rings is 1. The van der Waals surface area contributed by atoms with E-state index in [0.717, 1.165) is 4.90 Å². The molecule has 7 nitrogen and oxygen atoms in total. The van der Waals surface area contributed by atoms with Crippen LogP contribution in [0.4, 0.5) is 11.4 Å². The largest absolute Gasteiger partial charge is 0.465 e. The number of nitrogens with one attached hydrogen (secondary N) is 3. The molecule has 0 aliphatic heterocycles. The minimum atomic E-state index is -0.541. The fourth-order valence-electron chi connectivity index (χ4n) is 3.26. The summed E-state index contributed by atoms with van der Waals surface area (Å²) in [7, 11) is 0. The van der Waals surface area contributed by atoms with Gasteiger partial charge in [-0.1, -0.05) is 53.5 Å². The number of benzene rings is 3. The van der Waals surface area contributed by atoms with Crippen LogP contribution in [0, 0.1) is 0 Å². The molecule has 38 heavy (non-hydrogen) atoms. The third-order valence-electron chi connectivity index (χ3n) is 5.05. The van der Waals surface area contributed by atoms with Crippen LogP contribution in [-0.4, -0.2) is 23.5 Å². The molecular weight excluding hydrogens is 545 g/mol. The van der Waals surface area contributed by atoms with Gasteiger partial charge in [-0.05, 0) is 54.6 Å². The van der Waals surface area contributed by atoms with Crippen molar-refractivity contribution in [2.75, 3.05) is 16.4 Å². The molecule has 0 bridgehead atoms. The molecule has 0 aliphatic rings. The van der Waals surface area contributed by atoms with Gasteiger partial charge in [0.15, 0.2) is 0 Å². The maximum absolute atomic E-state index is 13.1. The van der Waals surface area contributed by atoms with Crippen LogP contribution in [0.3, 0.4) is 0 Å². The quantitative estimate of drug-likeness (QED) is 0.154. The Morgan fingerprint density at radius 2 is 1.66 bits per heavy atom. The zero-order valence-electron chi connectivity index (χ0n) is 19.7. The Labute approximate surface area is 233 Å². The number of anilines is 2. The summed E-state index contributed by atoms with van der Waals surface area (Å²) in [5, 5.41) is 8.79. The van der Waals surface area contributed by atoms with E-state index in [0.29, 0.717) is 27.7 Å². The molecule has 3 amide bonds. The summed E-state index contributed by atoms with van der Waals surface area (Å²) in [6.07, 6.45) is 2.91. The van der Waals surface area contributed by atoms with E-state index in [1.807, 2.05) is 6.07 Å². The second kappa shape index (κ2) is 13.0. The van der Waals surface area contributed by atoms with Crippen LogP contribution in [0.25, 0.3) is 6.08 Å². The van der Waals surface area contributed by atoms with E-state index in [4.69, 9.17) is 27.6 Å². The van der Waals surface area contributed by atoms with Gasteiger partial charge < -0.3 is 20.4 Å². The van der Waals surface area contributed by atoms with Crippen LogP contribution in [0.1, 0.15) is 16.1 Å². The highest BCUT2D eigenvalue weighted by Crippen LogP contribution is 2.30. The first-order valence-electron chi connectivity index (χ1n) is 11.3. The van der Waals surface area contributed by atoms with Gasteiger partial charge >= 0.3 is 0 Å². The third-order valence-corrected chi connectivity index (χ3v) is 6.86. The van der Waals surface area contributed by atoms with Crippen molar-refractivity contribution >= 4 is 70.1 Å². The Hall–Kier alpha value is -3.98. The number of thioether (sulfide) groups is 1. The first-order valence-corrected chi connectivity index (χ1v) is 13.0. The second-order valence-corrected chi connectivity index (χ2v) is 9.65. The fraction of sp³-hybridized carbons (Fsp3) is 0.0357. The van der Waals surface area contributed by atoms with Crippen molar-refractivity contribution in [1.29, 1.82) is 0 Å². The van der Waals surface area contributed by atoms with E-state index in [-0.39, 0.29) is 22.4 Å². The molecule has 192 valence electrons. The van der Waals surface area contributed by atoms with E-state index in [1.54, 1.807) is 78.9 Å². The van der Waals surface area contributed by atoms with Gasteiger partial charge in [0.05, 0.1) is 27.7 Å². The lowest BCUT2D eigenvalue weighted by Gasteiger charge is -2.12. The number of carbonyl (C=O) groups is 3. The lowest BCUT2D eigenvalue weighted by atomic mass is 10.2. The highest BCUT2D eigenvalue weighted by molar-refractivity contribution is 8.00. The molecule has 0 unspecified atom stereocenters. The van der Waals surface area contributed by atoms with E-state index >= 15 is 0 Å². The summed E-state index contributed by atoms with van der Waals surface area (Å²) in [6, 6.07) is 23.9. The van der Waals surface area contributed by atoms with Crippen molar-refractivity contribution in [2.24, 2.45) is 0 Å². The molecule has 0 fully saturated rings. The molecule has 4 rings (SSSR count). The first kappa shape index (κ1) is 27.1. The molecule has 10 heteroatoms. The van der Waals surface area contributed by atoms with Crippen molar-refractivity contribution in [3.63, 3.8) is 0 Å². The average molecular weight is 566 g/mol. The summed E-state index contributed by atoms with van der Waals surface area (Å²) >= 11 is 13.4. The highest BCUT2D eigenvalue weighted by atomic mass is 35.5. The number of rotatable bonds is 9. The Morgan fingerprint density at radius 1 is 0.868 bits per heavy atom. The lowest BCUT2D eigenvalue weighted by Crippen LogP contribution is -2.30. The number of hydrogen-bond donors (Lipinski definition) is 3. The standard InChI is InChI=1S/C28H21Cl2N3O4S/c29-22-12-5-13-23(26(22)30)32-25(34)17-38-21-11-4-9-19(15-21)31-28(36)24(16-20-10-6-14-37-20)33-27(35)18-7-2-1-3-8-18/h1-16H,17H2,(H,31,36)(H,32,34)(H,33,35)/b24-16-. The summed E-state index contributed by atoms with van der Waals surface area (Å²) in [4.78, 5) is 39.0. The third kappa shape index (κ3) is 7.52. The van der Waals surface area contributed by atoms with Crippen LogP contribution in [0.5, 0.6) is 0 Å². The zero-order valence-corrected chi connectivity index (χ0v) is 22.1. The molecule has 1 aromatic heterocycles. The van der Waals surface area contributed by atoms with Gasteiger partial charge in [0.25, 0.3) is 11.8 Å². The van der Waals surface area contributed by atoms with Gasteiger partial charge in [0, 0.05) is 22.2 Å².